The van der Waals surface area contributed by atoms with Crippen LogP contribution in [0.25, 0.3) is 0 Å². The third-order valence-electron chi connectivity index (χ3n) is 5.60. The summed E-state index contributed by atoms with van der Waals surface area (Å²) in [6.07, 6.45) is 7.44. The molecule has 24 heavy (non-hydrogen) atoms. The van der Waals surface area contributed by atoms with Gasteiger partial charge >= 0.3 is 0 Å². The van der Waals surface area contributed by atoms with Gasteiger partial charge in [0, 0.05) is 17.6 Å². The van der Waals surface area contributed by atoms with Gasteiger partial charge in [-0.2, -0.15) is 0 Å². The van der Waals surface area contributed by atoms with E-state index in [0.717, 1.165) is 0 Å². The van der Waals surface area contributed by atoms with Gasteiger partial charge in [0.1, 0.15) is 0 Å². The van der Waals surface area contributed by atoms with E-state index in [9.17, 15) is 0 Å². The van der Waals surface area contributed by atoms with Crippen LogP contribution in [0.5, 0.6) is 0 Å². The van der Waals surface area contributed by atoms with Gasteiger partial charge < -0.3 is 0 Å². The molecule has 1 heterocycles. The zero-order valence-corrected chi connectivity index (χ0v) is 18.7. The third-order valence-corrected chi connectivity index (χ3v) is 5.60. The van der Waals surface area contributed by atoms with E-state index in [1.165, 1.54) is 12.8 Å². The fraction of sp³-hybridized carbons (Fsp3) is 0.913. The second-order valence-corrected chi connectivity index (χ2v) is 12.2. The Morgan fingerprint density at radius 1 is 0.708 bits per heavy atom. The van der Waals surface area contributed by atoms with Crippen molar-refractivity contribution in [3.8, 4) is 0 Å². The number of allylic oxidation sites excluding steroid dienone is 1. The number of hydrogen-bond donors (Lipinski definition) is 0. The van der Waals surface area contributed by atoms with Crippen molar-refractivity contribution in [3.63, 3.8) is 0 Å². The minimum atomic E-state index is 0.140. The molecular formula is C23H45N. The maximum Gasteiger partial charge on any atom is 0.0335 e. The second-order valence-electron chi connectivity index (χ2n) is 12.2. The van der Waals surface area contributed by atoms with Crippen LogP contribution in [0.15, 0.2) is 12.2 Å². The van der Waals surface area contributed by atoms with Crippen molar-refractivity contribution in [2.75, 3.05) is 0 Å². The molecule has 1 aliphatic heterocycles. The van der Waals surface area contributed by atoms with Crippen molar-refractivity contribution in [2.45, 2.75) is 114 Å². The minimum absolute atomic E-state index is 0.140. The molecule has 0 aromatic heterocycles. The lowest BCUT2D eigenvalue weighted by atomic mass is 9.63. The van der Waals surface area contributed by atoms with E-state index in [0.29, 0.717) is 23.4 Å². The maximum atomic E-state index is 2.86. The predicted molar refractivity (Wildman–Crippen MR) is 109 cm³/mol. The molecule has 0 saturated carbocycles. The van der Waals surface area contributed by atoms with Crippen molar-refractivity contribution in [1.29, 1.82) is 0 Å². The quantitative estimate of drug-likeness (QED) is 0.434. The van der Waals surface area contributed by atoms with Gasteiger partial charge in [-0.15, -0.1) is 0 Å². The zero-order valence-electron chi connectivity index (χ0n) is 18.7. The topological polar surface area (TPSA) is 3.24 Å². The van der Waals surface area contributed by atoms with Crippen molar-refractivity contribution >= 4 is 0 Å². The van der Waals surface area contributed by atoms with E-state index in [4.69, 9.17) is 0 Å². The van der Waals surface area contributed by atoms with E-state index >= 15 is 0 Å². The predicted octanol–water partition coefficient (Wildman–Crippen LogP) is 6.93. The molecule has 0 spiro atoms. The molecule has 3 atom stereocenters. The van der Waals surface area contributed by atoms with Gasteiger partial charge in [0.05, 0.1) is 0 Å². The fourth-order valence-electron chi connectivity index (χ4n) is 4.59. The molecular weight excluding hydrogens is 290 g/mol. The van der Waals surface area contributed by atoms with E-state index in [-0.39, 0.29) is 16.4 Å². The Morgan fingerprint density at radius 3 is 1.54 bits per heavy atom. The smallest absolute Gasteiger partial charge is 0.0335 e. The Bertz CT molecular complexity index is 431. The van der Waals surface area contributed by atoms with Crippen LogP contribution in [-0.4, -0.2) is 22.5 Å². The van der Waals surface area contributed by atoms with E-state index in [2.05, 4.69) is 100 Å². The minimum Gasteiger partial charge on any atom is -0.288 e. The van der Waals surface area contributed by atoms with Crippen LogP contribution in [0.2, 0.25) is 0 Å². The van der Waals surface area contributed by atoms with Gasteiger partial charge in [-0.25, -0.2) is 0 Å². The Kier molecular flexibility index (Phi) is 6.14. The number of rotatable bonds is 0. The summed E-state index contributed by atoms with van der Waals surface area (Å²) in [6, 6.07) is 1.03. The van der Waals surface area contributed by atoms with Crippen molar-refractivity contribution in [3.05, 3.63) is 12.2 Å². The molecule has 1 nitrogen and oxygen atoms in total. The first-order valence-corrected chi connectivity index (χ1v) is 9.92. The van der Waals surface area contributed by atoms with Crippen molar-refractivity contribution in [2.24, 2.45) is 22.2 Å². The van der Waals surface area contributed by atoms with Gasteiger partial charge in [-0.1, -0.05) is 74.5 Å². The first-order chi connectivity index (χ1) is 10.5. The van der Waals surface area contributed by atoms with Crippen LogP contribution < -0.4 is 0 Å². The second kappa shape index (κ2) is 6.78. The number of nitrogens with zero attached hydrogens (tertiary/aromatic N) is 1. The lowest BCUT2D eigenvalue weighted by molar-refractivity contribution is -0.0842. The summed E-state index contributed by atoms with van der Waals surface area (Å²) in [7, 11) is 0. The highest BCUT2D eigenvalue weighted by Gasteiger charge is 2.49. The molecule has 0 fully saturated rings. The largest absolute Gasteiger partial charge is 0.288 e. The lowest BCUT2D eigenvalue weighted by Crippen LogP contribution is -2.64. The summed E-state index contributed by atoms with van der Waals surface area (Å²) in [6.45, 7) is 29.0. The molecule has 0 bridgehead atoms. The SMILES string of the molecule is CC(C)(C)C1CC/C=C\C(C(C)(C)C)N(C(C)(C)C)C1C(C)(C)C. The molecule has 0 radical (unpaired) electrons. The Labute approximate surface area is 153 Å². The zero-order chi connectivity index (χ0) is 19.1. The first kappa shape index (κ1) is 21.7. The van der Waals surface area contributed by atoms with Crippen molar-refractivity contribution < 1.29 is 0 Å². The third kappa shape index (κ3) is 5.10. The lowest BCUT2D eigenvalue weighted by Gasteiger charge is -2.58. The van der Waals surface area contributed by atoms with Gasteiger partial charge in [-0.3, -0.25) is 4.90 Å². The van der Waals surface area contributed by atoms with E-state index in [1.807, 2.05) is 0 Å². The summed E-state index contributed by atoms with van der Waals surface area (Å²) >= 11 is 0. The highest BCUT2D eigenvalue weighted by atomic mass is 15.3. The van der Waals surface area contributed by atoms with Crippen LogP contribution in [0.3, 0.4) is 0 Å². The average molecular weight is 336 g/mol. The highest BCUT2D eigenvalue weighted by Crippen LogP contribution is 2.47. The summed E-state index contributed by atoms with van der Waals surface area (Å²) in [5.41, 5.74) is 0.934. The molecule has 0 saturated heterocycles. The van der Waals surface area contributed by atoms with Crippen LogP contribution in [0.1, 0.15) is 95.9 Å². The van der Waals surface area contributed by atoms with E-state index < -0.39 is 0 Å². The summed E-state index contributed by atoms with van der Waals surface area (Å²) in [4.78, 5) is 2.86. The van der Waals surface area contributed by atoms with Gasteiger partial charge in [-0.05, 0) is 55.8 Å². The molecule has 1 aliphatic rings. The summed E-state index contributed by atoms with van der Waals surface area (Å²) in [5.74, 6) is 0.687. The molecule has 1 rings (SSSR count). The van der Waals surface area contributed by atoms with Crippen LogP contribution >= 0.6 is 0 Å². The molecule has 0 aliphatic carbocycles. The molecule has 0 aromatic rings. The van der Waals surface area contributed by atoms with Gasteiger partial charge in [0.25, 0.3) is 0 Å². The van der Waals surface area contributed by atoms with Gasteiger partial charge in [0.15, 0.2) is 0 Å². The molecule has 0 aromatic carbocycles. The number of hydrogen-bond acceptors (Lipinski definition) is 1. The maximum absolute atomic E-state index is 2.86. The molecule has 0 amide bonds. The van der Waals surface area contributed by atoms with Crippen molar-refractivity contribution in [1.82, 2.24) is 4.90 Å². The monoisotopic (exact) mass is 335 g/mol. The average Bonchev–Trinajstić information content (AvgIpc) is 2.20. The Hall–Kier alpha value is -0.300. The molecule has 0 N–H and O–H groups in total. The normalized spacial score (nSPS) is 29.9. The summed E-state index contributed by atoms with van der Waals surface area (Å²) < 4.78 is 0. The molecule has 1 heteroatoms. The molecule has 3 unspecified atom stereocenters. The fourth-order valence-corrected chi connectivity index (χ4v) is 4.59. The van der Waals surface area contributed by atoms with E-state index in [1.54, 1.807) is 0 Å². The van der Waals surface area contributed by atoms with Gasteiger partial charge in [0.2, 0.25) is 0 Å². The Balaban J connectivity index is 3.64. The van der Waals surface area contributed by atoms with Crippen LogP contribution in [0.4, 0.5) is 0 Å². The summed E-state index contributed by atoms with van der Waals surface area (Å²) in [5, 5.41) is 0. The van der Waals surface area contributed by atoms with Crippen LogP contribution in [0, 0.1) is 22.2 Å². The standard InChI is InChI=1S/C23H45N/c1-20(2,3)17-15-13-14-16-18(21(4,5)6)24(23(10,11)12)19(17)22(7,8)9/h14,16-19H,13,15H2,1-12H3/b16-14-. The highest BCUT2D eigenvalue weighted by molar-refractivity contribution is 5.10. The van der Waals surface area contributed by atoms with Crippen LogP contribution in [-0.2, 0) is 0 Å². The Morgan fingerprint density at radius 2 is 1.21 bits per heavy atom. The molecule has 142 valence electrons. The first-order valence-electron chi connectivity index (χ1n) is 9.92.